The van der Waals surface area contributed by atoms with Gasteiger partial charge in [-0.1, -0.05) is 0 Å². The average molecular weight is 189 g/mol. The first kappa shape index (κ1) is 11.8. The zero-order valence-corrected chi connectivity index (χ0v) is 6.89. The molecule has 0 fully saturated rings. The molecule has 5 heteroatoms. The first-order valence-corrected chi connectivity index (χ1v) is 2.50. The van der Waals surface area contributed by atoms with Crippen molar-refractivity contribution < 1.29 is 0 Å². The predicted octanol–water partition coefficient (Wildman–Crippen LogP) is 1.99. The summed E-state index contributed by atoms with van der Waals surface area (Å²) in [5.41, 5.74) is 0.960. The molecule has 0 atom stereocenters. The lowest BCUT2D eigenvalue weighted by Gasteiger charge is -1.77. The van der Waals surface area contributed by atoms with Crippen LogP contribution in [0.5, 0.6) is 0 Å². The molecule has 1 rings (SSSR count). The Morgan fingerprint density at radius 2 is 2.22 bits per heavy atom. The molecular weight excluding hydrogens is 182 g/mol. The quantitative estimate of drug-likeness (QED) is 0.673. The third kappa shape index (κ3) is 3.62. The lowest BCUT2D eigenvalue weighted by atomic mass is 10.6. The lowest BCUT2D eigenvalue weighted by Crippen LogP contribution is -1.70. The molecule has 0 bridgehead atoms. The summed E-state index contributed by atoms with van der Waals surface area (Å²) < 4.78 is 0. The van der Waals surface area contributed by atoms with Gasteiger partial charge < -0.3 is 4.98 Å². The summed E-state index contributed by atoms with van der Waals surface area (Å²) in [6.07, 6.45) is 3.31. The number of hydrogen-bond donors (Lipinski definition) is 1. The lowest BCUT2D eigenvalue weighted by molar-refractivity contribution is 1.22. The van der Waals surface area contributed by atoms with Gasteiger partial charge in [-0.05, 0) is 0 Å². The normalized spacial score (nSPS) is 7.22. The number of nitrogens with zero attached hydrogens (tertiary/aromatic N) is 1. The summed E-state index contributed by atoms with van der Waals surface area (Å²) in [6.45, 7) is 0. The molecule has 0 aromatic carbocycles. The summed E-state index contributed by atoms with van der Waals surface area (Å²) in [5.74, 6) is 0.514. The van der Waals surface area contributed by atoms with E-state index in [0.29, 0.717) is 5.88 Å². The third-order valence-electron chi connectivity index (χ3n) is 0.699. The van der Waals surface area contributed by atoms with E-state index < -0.39 is 0 Å². The Balaban J connectivity index is 0. The van der Waals surface area contributed by atoms with Gasteiger partial charge in [0.15, 0.2) is 0 Å². The van der Waals surface area contributed by atoms with Crippen LogP contribution in [0.3, 0.4) is 0 Å². The van der Waals surface area contributed by atoms with Crippen LogP contribution in [0.4, 0.5) is 0 Å². The van der Waals surface area contributed by atoms with Gasteiger partial charge in [0, 0.05) is 11.9 Å². The number of hydrogen-bond acceptors (Lipinski definition) is 1. The summed E-state index contributed by atoms with van der Waals surface area (Å²) in [7, 11) is 0. The maximum atomic E-state index is 5.40. The molecule has 0 aliphatic rings. The molecule has 0 spiro atoms. The monoisotopic (exact) mass is 188 g/mol. The van der Waals surface area contributed by atoms with Crippen molar-refractivity contribution in [3.63, 3.8) is 0 Å². The molecular formula is C4H7Cl3N2. The predicted molar refractivity (Wildman–Crippen MR) is 42.6 cm³/mol. The average Bonchev–Trinajstić information content (AvgIpc) is 2.14. The Kier molecular flexibility index (Phi) is 8.15. The van der Waals surface area contributed by atoms with Crippen LogP contribution in [0.2, 0.25) is 0 Å². The Bertz CT molecular complexity index is 128. The van der Waals surface area contributed by atoms with Crippen molar-refractivity contribution in [3.05, 3.63) is 18.2 Å². The minimum atomic E-state index is 0. The van der Waals surface area contributed by atoms with Crippen molar-refractivity contribution in [3.8, 4) is 0 Å². The Morgan fingerprint density at radius 1 is 1.56 bits per heavy atom. The largest absolute Gasteiger partial charge is 0.348 e. The molecule has 0 amide bonds. The summed E-state index contributed by atoms with van der Waals surface area (Å²) in [4.78, 5) is 6.60. The zero-order valence-electron chi connectivity index (χ0n) is 4.50. The van der Waals surface area contributed by atoms with Crippen LogP contribution < -0.4 is 0 Å². The van der Waals surface area contributed by atoms with Crippen molar-refractivity contribution in [1.82, 2.24) is 9.97 Å². The van der Waals surface area contributed by atoms with E-state index in [0.717, 1.165) is 5.69 Å². The van der Waals surface area contributed by atoms with Crippen LogP contribution in [0.1, 0.15) is 5.69 Å². The molecule has 0 saturated carbocycles. The highest BCUT2D eigenvalue weighted by atomic mass is 35.5. The van der Waals surface area contributed by atoms with E-state index in [1.54, 1.807) is 12.5 Å². The maximum Gasteiger partial charge on any atom is 0.0922 e. The highest BCUT2D eigenvalue weighted by molar-refractivity contribution is 6.16. The van der Waals surface area contributed by atoms with Gasteiger partial charge in [-0.25, -0.2) is 4.98 Å². The second kappa shape index (κ2) is 6.20. The first-order valence-electron chi connectivity index (χ1n) is 1.96. The molecule has 1 aromatic rings. The van der Waals surface area contributed by atoms with Gasteiger partial charge in [0.05, 0.1) is 12.2 Å². The second-order valence-corrected chi connectivity index (χ2v) is 1.48. The van der Waals surface area contributed by atoms with Crippen molar-refractivity contribution in [1.29, 1.82) is 0 Å². The standard InChI is InChI=1S/C4H5ClN2.2ClH/c5-1-4-2-6-3-7-4;;/h2-3H,1H2,(H,6,7);2*1H. The molecule has 0 saturated heterocycles. The van der Waals surface area contributed by atoms with Crippen molar-refractivity contribution in [2.75, 3.05) is 0 Å². The molecule has 0 aliphatic heterocycles. The van der Waals surface area contributed by atoms with Crippen LogP contribution >= 0.6 is 36.4 Å². The van der Waals surface area contributed by atoms with Crippen molar-refractivity contribution in [2.24, 2.45) is 0 Å². The van der Waals surface area contributed by atoms with Crippen LogP contribution in [-0.4, -0.2) is 9.97 Å². The van der Waals surface area contributed by atoms with Crippen molar-refractivity contribution >= 4 is 36.4 Å². The number of aromatic amines is 1. The number of nitrogens with one attached hydrogen (secondary N) is 1. The Hall–Kier alpha value is 0.0800. The summed E-state index contributed by atoms with van der Waals surface area (Å²) in [6, 6.07) is 0. The molecule has 0 radical (unpaired) electrons. The number of H-pyrrole nitrogens is 1. The fraction of sp³-hybridized carbons (Fsp3) is 0.250. The van der Waals surface area contributed by atoms with Gasteiger partial charge in [-0.3, -0.25) is 0 Å². The highest BCUT2D eigenvalue weighted by Gasteiger charge is 1.84. The Labute approximate surface area is 70.8 Å². The SMILES string of the molecule is Cl.Cl.ClCc1cnc[nH]1. The minimum Gasteiger partial charge on any atom is -0.348 e. The van der Waals surface area contributed by atoms with Gasteiger partial charge >= 0.3 is 0 Å². The fourth-order valence-corrected chi connectivity index (χ4v) is 0.504. The summed E-state index contributed by atoms with van der Waals surface area (Å²) in [5, 5.41) is 0. The van der Waals surface area contributed by atoms with Crippen LogP contribution in [-0.2, 0) is 5.88 Å². The van der Waals surface area contributed by atoms with E-state index in [2.05, 4.69) is 9.97 Å². The van der Waals surface area contributed by atoms with E-state index in [-0.39, 0.29) is 24.8 Å². The second-order valence-electron chi connectivity index (χ2n) is 1.21. The van der Waals surface area contributed by atoms with Gasteiger partial charge in [0.2, 0.25) is 0 Å². The van der Waals surface area contributed by atoms with Gasteiger partial charge in [0.1, 0.15) is 0 Å². The van der Waals surface area contributed by atoms with E-state index in [4.69, 9.17) is 11.6 Å². The van der Waals surface area contributed by atoms with E-state index in [9.17, 15) is 0 Å². The molecule has 54 valence electrons. The van der Waals surface area contributed by atoms with Gasteiger partial charge in [0.25, 0.3) is 0 Å². The smallest absolute Gasteiger partial charge is 0.0922 e. The number of alkyl halides is 1. The van der Waals surface area contributed by atoms with Gasteiger partial charge in [-0.2, -0.15) is 0 Å². The molecule has 9 heavy (non-hydrogen) atoms. The number of rotatable bonds is 1. The first-order chi connectivity index (χ1) is 3.43. The molecule has 1 heterocycles. The van der Waals surface area contributed by atoms with E-state index in [1.807, 2.05) is 0 Å². The maximum absolute atomic E-state index is 5.40. The van der Waals surface area contributed by atoms with Crippen molar-refractivity contribution in [2.45, 2.75) is 5.88 Å². The Morgan fingerprint density at radius 3 is 2.44 bits per heavy atom. The molecule has 0 unspecified atom stereocenters. The molecule has 1 aromatic heterocycles. The van der Waals surface area contributed by atoms with Crippen LogP contribution in [0, 0.1) is 0 Å². The molecule has 1 N–H and O–H groups in total. The third-order valence-corrected chi connectivity index (χ3v) is 0.987. The zero-order chi connectivity index (χ0) is 5.11. The minimum absolute atomic E-state index is 0. The number of aromatic nitrogens is 2. The van der Waals surface area contributed by atoms with Gasteiger partial charge in [-0.15, -0.1) is 36.4 Å². The topological polar surface area (TPSA) is 28.7 Å². The van der Waals surface area contributed by atoms with E-state index in [1.165, 1.54) is 0 Å². The summed E-state index contributed by atoms with van der Waals surface area (Å²) >= 11 is 5.40. The number of halogens is 3. The molecule has 2 nitrogen and oxygen atoms in total. The fourth-order valence-electron chi connectivity index (χ4n) is 0.358. The number of imidazole rings is 1. The van der Waals surface area contributed by atoms with E-state index >= 15 is 0 Å². The highest BCUT2D eigenvalue weighted by Crippen LogP contribution is 1.93. The van der Waals surface area contributed by atoms with Crippen LogP contribution in [0.25, 0.3) is 0 Å². The molecule has 0 aliphatic carbocycles. The van der Waals surface area contributed by atoms with Crippen LogP contribution in [0.15, 0.2) is 12.5 Å².